The molecule has 1 fully saturated rings. The first-order valence-corrected chi connectivity index (χ1v) is 6.78. The van der Waals surface area contributed by atoms with Crippen molar-refractivity contribution in [2.45, 2.75) is 25.8 Å². The van der Waals surface area contributed by atoms with Gasteiger partial charge in [-0.05, 0) is 31.5 Å². The Kier molecular flexibility index (Phi) is 4.68. The van der Waals surface area contributed by atoms with Crippen LogP contribution in [0.2, 0.25) is 0 Å². The maximum Gasteiger partial charge on any atom is 0.271 e. The fourth-order valence-corrected chi connectivity index (χ4v) is 2.04. The summed E-state index contributed by atoms with van der Waals surface area (Å²) < 4.78 is 0. The third-order valence-electron chi connectivity index (χ3n) is 3.30. The zero-order valence-corrected chi connectivity index (χ0v) is 11.5. The average Bonchev–Trinajstić information content (AvgIpc) is 3.28. The fraction of sp³-hybridized carbons (Fsp3) is 0.615. The van der Waals surface area contributed by atoms with Gasteiger partial charge in [0.15, 0.2) is 5.69 Å². The molecular formula is C13H21N5O. The second-order valence-corrected chi connectivity index (χ2v) is 4.67. The van der Waals surface area contributed by atoms with Crippen LogP contribution in [0.5, 0.6) is 0 Å². The Balaban J connectivity index is 1.77. The van der Waals surface area contributed by atoms with Gasteiger partial charge in [0.05, 0.1) is 0 Å². The summed E-state index contributed by atoms with van der Waals surface area (Å²) >= 11 is 0. The largest absolute Gasteiger partial charge is 0.367 e. The van der Waals surface area contributed by atoms with E-state index in [-0.39, 0.29) is 5.91 Å². The lowest BCUT2D eigenvalue weighted by atomic mass is 10.3. The molecule has 1 heterocycles. The molecule has 6 nitrogen and oxygen atoms in total. The Morgan fingerprint density at radius 2 is 2.21 bits per heavy atom. The molecule has 0 saturated heterocycles. The van der Waals surface area contributed by atoms with E-state index in [1.165, 1.54) is 12.8 Å². The van der Waals surface area contributed by atoms with Gasteiger partial charge in [0.2, 0.25) is 0 Å². The first-order valence-electron chi connectivity index (χ1n) is 6.78. The molecule has 1 amide bonds. The summed E-state index contributed by atoms with van der Waals surface area (Å²) in [6, 6.07) is 4.24. The standard InChI is InChI=1S/C13H21N5O/c1-3-18(10-4-5-10)9-8-15-12-7-6-11(16-17-12)13(19)14-2/h6-7,10H,3-5,8-9H2,1-2H3,(H,14,19)(H,15,17). The molecule has 0 aliphatic heterocycles. The van der Waals surface area contributed by atoms with Gasteiger partial charge in [-0.2, -0.15) is 0 Å². The van der Waals surface area contributed by atoms with Crippen LogP contribution in [0, 0.1) is 0 Å². The van der Waals surface area contributed by atoms with E-state index in [2.05, 4.69) is 32.7 Å². The minimum Gasteiger partial charge on any atom is -0.367 e. The highest BCUT2D eigenvalue weighted by molar-refractivity contribution is 5.91. The topological polar surface area (TPSA) is 70.2 Å². The van der Waals surface area contributed by atoms with Crippen LogP contribution in [0.1, 0.15) is 30.3 Å². The van der Waals surface area contributed by atoms with Crippen LogP contribution in [-0.2, 0) is 0 Å². The number of aromatic nitrogens is 2. The molecule has 0 atom stereocenters. The third kappa shape index (κ3) is 3.89. The van der Waals surface area contributed by atoms with Gasteiger partial charge in [0.25, 0.3) is 5.91 Å². The number of likely N-dealkylation sites (N-methyl/N-ethyl adjacent to an activating group) is 1. The van der Waals surface area contributed by atoms with Crippen molar-refractivity contribution < 1.29 is 4.79 Å². The normalized spacial score (nSPS) is 14.5. The summed E-state index contributed by atoms with van der Waals surface area (Å²) in [6.45, 7) is 5.14. The fourth-order valence-electron chi connectivity index (χ4n) is 2.04. The van der Waals surface area contributed by atoms with Crippen molar-refractivity contribution >= 4 is 11.7 Å². The molecule has 19 heavy (non-hydrogen) atoms. The number of hydrogen-bond acceptors (Lipinski definition) is 5. The highest BCUT2D eigenvalue weighted by atomic mass is 16.1. The van der Waals surface area contributed by atoms with Crippen molar-refractivity contribution in [1.82, 2.24) is 20.4 Å². The van der Waals surface area contributed by atoms with Gasteiger partial charge in [0.1, 0.15) is 5.82 Å². The molecule has 1 aromatic rings. The van der Waals surface area contributed by atoms with Crippen molar-refractivity contribution in [3.8, 4) is 0 Å². The Hall–Kier alpha value is -1.69. The number of carbonyl (C=O) groups is 1. The lowest BCUT2D eigenvalue weighted by Gasteiger charge is -2.19. The van der Waals surface area contributed by atoms with E-state index in [1.807, 2.05) is 0 Å². The molecule has 0 bridgehead atoms. The van der Waals surface area contributed by atoms with E-state index in [4.69, 9.17) is 0 Å². The number of amides is 1. The van der Waals surface area contributed by atoms with Crippen molar-refractivity contribution in [2.75, 3.05) is 32.0 Å². The quantitative estimate of drug-likeness (QED) is 0.759. The van der Waals surface area contributed by atoms with Gasteiger partial charge in [-0.1, -0.05) is 6.92 Å². The van der Waals surface area contributed by atoms with Gasteiger partial charge < -0.3 is 10.6 Å². The lowest BCUT2D eigenvalue weighted by molar-refractivity contribution is 0.0957. The van der Waals surface area contributed by atoms with Crippen LogP contribution < -0.4 is 10.6 Å². The number of anilines is 1. The van der Waals surface area contributed by atoms with Gasteiger partial charge in [-0.25, -0.2) is 0 Å². The Morgan fingerprint density at radius 3 is 2.74 bits per heavy atom. The average molecular weight is 263 g/mol. The number of carbonyl (C=O) groups excluding carboxylic acids is 1. The molecule has 0 radical (unpaired) electrons. The highest BCUT2D eigenvalue weighted by Crippen LogP contribution is 2.25. The van der Waals surface area contributed by atoms with Gasteiger partial charge in [0, 0.05) is 26.2 Å². The van der Waals surface area contributed by atoms with E-state index < -0.39 is 0 Å². The Labute approximate surface area is 113 Å². The number of nitrogens with one attached hydrogen (secondary N) is 2. The van der Waals surface area contributed by atoms with Crippen LogP contribution in [-0.4, -0.2) is 53.7 Å². The van der Waals surface area contributed by atoms with E-state index >= 15 is 0 Å². The molecule has 1 aromatic heterocycles. The minimum atomic E-state index is -0.218. The summed E-state index contributed by atoms with van der Waals surface area (Å²) in [5.74, 6) is 0.490. The summed E-state index contributed by atoms with van der Waals surface area (Å²) in [5, 5.41) is 13.6. The van der Waals surface area contributed by atoms with Crippen LogP contribution >= 0.6 is 0 Å². The van der Waals surface area contributed by atoms with Crippen molar-refractivity contribution in [1.29, 1.82) is 0 Å². The molecule has 0 spiro atoms. The van der Waals surface area contributed by atoms with E-state index in [9.17, 15) is 4.79 Å². The smallest absolute Gasteiger partial charge is 0.271 e. The molecule has 0 aromatic carbocycles. The second-order valence-electron chi connectivity index (χ2n) is 4.67. The highest BCUT2D eigenvalue weighted by Gasteiger charge is 2.27. The summed E-state index contributed by atoms with van der Waals surface area (Å²) in [5.41, 5.74) is 0.334. The molecule has 6 heteroatoms. The summed E-state index contributed by atoms with van der Waals surface area (Å²) in [4.78, 5) is 13.8. The zero-order valence-electron chi connectivity index (χ0n) is 11.5. The van der Waals surface area contributed by atoms with E-state index in [1.54, 1.807) is 19.2 Å². The van der Waals surface area contributed by atoms with Crippen LogP contribution in [0.4, 0.5) is 5.82 Å². The van der Waals surface area contributed by atoms with Crippen LogP contribution in [0.3, 0.4) is 0 Å². The third-order valence-corrected chi connectivity index (χ3v) is 3.30. The maximum atomic E-state index is 11.3. The zero-order chi connectivity index (χ0) is 13.7. The van der Waals surface area contributed by atoms with E-state index in [0.29, 0.717) is 11.5 Å². The first kappa shape index (κ1) is 13.7. The van der Waals surface area contributed by atoms with Crippen molar-refractivity contribution in [2.24, 2.45) is 0 Å². The Bertz CT molecular complexity index is 416. The molecule has 1 saturated carbocycles. The molecule has 1 aliphatic rings. The second kappa shape index (κ2) is 6.47. The molecular weight excluding hydrogens is 242 g/mol. The predicted octanol–water partition coefficient (Wildman–Crippen LogP) is 0.732. The molecule has 104 valence electrons. The van der Waals surface area contributed by atoms with E-state index in [0.717, 1.165) is 25.7 Å². The number of rotatable bonds is 7. The van der Waals surface area contributed by atoms with Gasteiger partial charge >= 0.3 is 0 Å². The maximum absolute atomic E-state index is 11.3. The number of nitrogens with zero attached hydrogens (tertiary/aromatic N) is 3. The minimum absolute atomic E-state index is 0.218. The monoisotopic (exact) mass is 263 g/mol. The predicted molar refractivity (Wildman–Crippen MR) is 74.2 cm³/mol. The molecule has 0 unspecified atom stereocenters. The summed E-state index contributed by atoms with van der Waals surface area (Å²) in [6.07, 6.45) is 2.66. The van der Waals surface area contributed by atoms with Gasteiger partial charge in [-0.3, -0.25) is 9.69 Å². The Morgan fingerprint density at radius 1 is 1.42 bits per heavy atom. The number of hydrogen-bond donors (Lipinski definition) is 2. The molecule has 2 rings (SSSR count). The van der Waals surface area contributed by atoms with Crippen molar-refractivity contribution in [3.05, 3.63) is 17.8 Å². The first-order chi connectivity index (χ1) is 9.24. The molecule has 2 N–H and O–H groups in total. The lowest BCUT2D eigenvalue weighted by Crippen LogP contribution is -2.31. The summed E-state index contributed by atoms with van der Waals surface area (Å²) in [7, 11) is 1.58. The molecule has 1 aliphatic carbocycles. The van der Waals surface area contributed by atoms with Crippen LogP contribution in [0.25, 0.3) is 0 Å². The van der Waals surface area contributed by atoms with Crippen LogP contribution in [0.15, 0.2) is 12.1 Å². The SMILES string of the molecule is CCN(CCNc1ccc(C(=O)NC)nn1)C1CC1. The van der Waals surface area contributed by atoms with Crippen molar-refractivity contribution in [3.63, 3.8) is 0 Å². The van der Waals surface area contributed by atoms with Gasteiger partial charge in [-0.15, -0.1) is 10.2 Å².